The van der Waals surface area contributed by atoms with Crippen LogP contribution in [0.3, 0.4) is 0 Å². The number of carbonyl (C=O) groups excluding carboxylic acids is 1. The highest BCUT2D eigenvalue weighted by molar-refractivity contribution is 5.76. The van der Waals surface area contributed by atoms with Gasteiger partial charge in [0.25, 0.3) is 0 Å². The molecule has 2 heterocycles. The first-order valence-corrected chi connectivity index (χ1v) is 10.5. The zero-order chi connectivity index (χ0) is 18.3. The third-order valence-corrected chi connectivity index (χ3v) is 7.42. The van der Waals surface area contributed by atoms with E-state index in [1.54, 1.807) is 5.57 Å². The molecular weight excluding hydrogens is 328 g/mol. The Labute approximate surface area is 157 Å². The Morgan fingerprint density at radius 3 is 2.73 bits per heavy atom. The molecule has 2 saturated heterocycles. The van der Waals surface area contributed by atoms with E-state index in [0.717, 1.165) is 45.7 Å². The van der Waals surface area contributed by atoms with Crippen LogP contribution in [-0.2, 0) is 9.53 Å². The molecule has 0 aromatic carbocycles. The highest BCUT2D eigenvalue weighted by Crippen LogP contribution is 2.53. The van der Waals surface area contributed by atoms with Crippen LogP contribution in [0.4, 0.5) is 0 Å². The smallest absolute Gasteiger partial charge is 0.311 e. The fourth-order valence-electron chi connectivity index (χ4n) is 5.87. The quantitative estimate of drug-likeness (QED) is 0.612. The van der Waals surface area contributed by atoms with Crippen molar-refractivity contribution >= 4 is 5.97 Å². The van der Waals surface area contributed by atoms with Crippen molar-refractivity contribution in [2.75, 3.05) is 45.9 Å². The molecule has 26 heavy (non-hydrogen) atoms. The van der Waals surface area contributed by atoms with Crippen LogP contribution < -0.4 is 0 Å². The van der Waals surface area contributed by atoms with E-state index in [1.807, 2.05) is 0 Å². The molecule has 2 aliphatic carbocycles. The predicted molar refractivity (Wildman–Crippen MR) is 101 cm³/mol. The zero-order valence-electron chi connectivity index (χ0n) is 16.3. The first-order valence-electron chi connectivity index (χ1n) is 10.5. The third-order valence-electron chi connectivity index (χ3n) is 7.42. The van der Waals surface area contributed by atoms with Gasteiger partial charge in [-0.05, 0) is 30.6 Å². The molecule has 0 aromatic rings. The van der Waals surface area contributed by atoms with E-state index in [1.165, 1.54) is 19.3 Å². The normalized spacial score (nSPS) is 41.3. The van der Waals surface area contributed by atoms with Crippen molar-refractivity contribution in [1.29, 1.82) is 0 Å². The third kappa shape index (κ3) is 3.34. The summed E-state index contributed by atoms with van der Waals surface area (Å²) in [7, 11) is 0. The number of nitrogens with zero attached hydrogens (tertiary/aromatic N) is 2. The van der Waals surface area contributed by atoms with Crippen LogP contribution in [0, 0.1) is 23.2 Å². The minimum Gasteiger partial charge on any atom is -0.461 e. The Balaban J connectivity index is 1.45. The largest absolute Gasteiger partial charge is 0.461 e. The molecule has 5 unspecified atom stereocenters. The van der Waals surface area contributed by atoms with Crippen LogP contribution in [0.1, 0.15) is 39.5 Å². The second-order valence-electron chi connectivity index (χ2n) is 9.21. The van der Waals surface area contributed by atoms with Gasteiger partial charge in [0.1, 0.15) is 6.10 Å². The maximum absolute atomic E-state index is 12.7. The maximum Gasteiger partial charge on any atom is 0.311 e. The first kappa shape index (κ1) is 18.5. The van der Waals surface area contributed by atoms with E-state index >= 15 is 0 Å². The van der Waals surface area contributed by atoms with E-state index in [2.05, 4.69) is 29.7 Å². The molecule has 5 heteroatoms. The van der Waals surface area contributed by atoms with E-state index in [4.69, 9.17) is 9.84 Å². The van der Waals surface area contributed by atoms with Gasteiger partial charge in [-0.15, -0.1) is 0 Å². The van der Waals surface area contributed by atoms with Gasteiger partial charge in [0.05, 0.1) is 12.5 Å². The second-order valence-corrected chi connectivity index (χ2v) is 9.21. The van der Waals surface area contributed by atoms with Crippen LogP contribution in [0.15, 0.2) is 11.6 Å². The molecule has 5 atom stereocenters. The van der Waals surface area contributed by atoms with E-state index in [0.29, 0.717) is 5.92 Å². The van der Waals surface area contributed by atoms with Crippen molar-refractivity contribution in [2.24, 2.45) is 23.2 Å². The van der Waals surface area contributed by atoms with Gasteiger partial charge in [0.15, 0.2) is 0 Å². The number of hydrogen-bond acceptors (Lipinski definition) is 5. The lowest BCUT2D eigenvalue weighted by molar-refractivity contribution is -0.145. The molecule has 4 rings (SSSR count). The van der Waals surface area contributed by atoms with Gasteiger partial charge in [-0.3, -0.25) is 14.6 Å². The molecule has 5 nitrogen and oxygen atoms in total. The molecule has 0 radical (unpaired) electrons. The molecule has 1 saturated carbocycles. The van der Waals surface area contributed by atoms with Crippen LogP contribution in [0.2, 0.25) is 0 Å². The second kappa shape index (κ2) is 7.25. The fourth-order valence-corrected chi connectivity index (χ4v) is 5.87. The van der Waals surface area contributed by atoms with Crippen LogP contribution >= 0.6 is 0 Å². The maximum atomic E-state index is 12.7. The minimum atomic E-state index is -0.00410. The Bertz CT molecular complexity index is 570. The average molecular weight is 363 g/mol. The lowest BCUT2D eigenvalue weighted by Crippen LogP contribution is -2.49. The molecule has 3 fully saturated rings. The topological polar surface area (TPSA) is 53.0 Å². The number of aliphatic hydroxyl groups excluding tert-OH is 1. The Hall–Kier alpha value is -0.910. The SMILES string of the molecule is CC1CCCC2(C)CC3OC(=O)C(CN4CCN(CCO)CC4)C3C=C12. The summed E-state index contributed by atoms with van der Waals surface area (Å²) in [5.74, 6) is 0.926. The number of carbonyl (C=O) groups is 1. The average Bonchev–Trinajstić information content (AvgIpc) is 2.89. The molecular formula is C21H34N2O3. The highest BCUT2D eigenvalue weighted by Gasteiger charge is 2.51. The standard InChI is InChI=1S/C21H34N2O3/c1-15-4-3-5-21(2)13-19-16(12-18(15)21)17(20(25)26-19)14-23-8-6-22(7-9-23)10-11-24/h12,15-17,19,24H,3-11,13-14H2,1-2H3. The minimum absolute atomic E-state index is 0.00410. The number of rotatable bonds is 4. The number of hydrogen-bond donors (Lipinski definition) is 1. The number of ether oxygens (including phenoxy) is 1. The molecule has 146 valence electrons. The molecule has 0 spiro atoms. The van der Waals surface area contributed by atoms with Crippen LogP contribution in [-0.4, -0.2) is 72.9 Å². The van der Waals surface area contributed by atoms with Crippen LogP contribution in [0.5, 0.6) is 0 Å². The van der Waals surface area contributed by atoms with Crippen LogP contribution in [0.25, 0.3) is 0 Å². The Morgan fingerprint density at radius 1 is 1.27 bits per heavy atom. The number of β-amino-alcohol motifs (C(OH)–C–C–N with tert-alkyl or cyclic N) is 1. The van der Waals surface area contributed by atoms with Crippen molar-refractivity contribution in [3.05, 3.63) is 11.6 Å². The fraction of sp³-hybridized carbons (Fsp3) is 0.857. The van der Waals surface area contributed by atoms with Crippen molar-refractivity contribution in [2.45, 2.75) is 45.6 Å². The number of esters is 1. The first-order chi connectivity index (χ1) is 12.5. The van der Waals surface area contributed by atoms with Gasteiger partial charge in [0.2, 0.25) is 0 Å². The molecule has 1 N–H and O–H groups in total. The number of aliphatic hydroxyl groups is 1. The summed E-state index contributed by atoms with van der Waals surface area (Å²) in [4.78, 5) is 17.4. The lowest BCUT2D eigenvalue weighted by atomic mass is 9.59. The van der Waals surface area contributed by atoms with E-state index in [9.17, 15) is 4.79 Å². The van der Waals surface area contributed by atoms with Gasteiger partial charge >= 0.3 is 5.97 Å². The summed E-state index contributed by atoms with van der Waals surface area (Å²) in [5.41, 5.74) is 1.84. The van der Waals surface area contributed by atoms with Gasteiger partial charge in [-0.1, -0.05) is 31.9 Å². The van der Waals surface area contributed by atoms with Crippen molar-refractivity contribution in [1.82, 2.24) is 9.80 Å². The summed E-state index contributed by atoms with van der Waals surface area (Å²) >= 11 is 0. The Morgan fingerprint density at radius 2 is 2.00 bits per heavy atom. The summed E-state index contributed by atoms with van der Waals surface area (Å²) in [6.07, 6.45) is 7.37. The number of piperazine rings is 1. The lowest BCUT2D eigenvalue weighted by Gasteiger charge is -2.46. The molecule has 2 aliphatic heterocycles. The van der Waals surface area contributed by atoms with Gasteiger partial charge in [0, 0.05) is 45.2 Å². The van der Waals surface area contributed by atoms with Gasteiger partial charge in [-0.25, -0.2) is 0 Å². The van der Waals surface area contributed by atoms with E-state index < -0.39 is 0 Å². The molecule has 4 aliphatic rings. The molecule has 0 aromatic heterocycles. The van der Waals surface area contributed by atoms with Crippen molar-refractivity contribution in [3.63, 3.8) is 0 Å². The zero-order valence-corrected chi connectivity index (χ0v) is 16.3. The van der Waals surface area contributed by atoms with Crippen molar-refractivity contribution < 1.29 is 14.6 Å². The van der Waals surface area contributed by atoms with Gasteiger partial charge in [-0.2, -0.15) is 0 Å². The molecule has 0 amide bonds. The van der Waals surface area contributed by atoms with E-state index in [-0.39, 0.29) is 35.9 Å². The summed E-state index contributed by atoms with van der Waals surface area (Å²) in [6.45, 7) is 10.5. The predicted octanol–water partition coefficient (Wildman–Crippen LogP) is 1.91. The number of fused-ring (bicyclic) bond motifs is 2. The summed E-state index contributed by atoms with van der Waals surface area (Å²) < 4.78 is 5.87. The number of allylic oxidation sites excluding steroid dienone is 1. The monoisotopic (exact) mass is 362 g/mol. The summed E-state index contributed by atoms with van der Waals surface area (Å²) in [6, 6.07) is 0. The van der Waals surface area contributed by atoms with Gasteiger partial charge < -0.3 is 9.84 Å². The Kier molecular flexibility index (Phi) is 5.15. The highest BCUT2D eigenvalue weighted by atomic mass is 16.6. The molecule has 0 bridgehead atoms. The summed E-state index contributed by atoms with van der Waals surface area (Å²) in [5, 5.41) is 9.09. The van der Waals surface area contributed by atoms with Crippen molar-refractivity contribution in [3.8, 4) is 0 Å².